The standard InChI is InChI=1S/C6H5Cl.CH3NO3/c7-6-4-2-1-3-5-6;1-5-2(3)4/h1-5H;1H3. The van der Waals surface area contributed by atoms with E-state index in [1.807, 2.05) is 30.3 Å². The zero-order valence-corrected chi connectivity index (χ0v) is 7.19. The van der Waals surface area contributed by atoms with Gasteiger partial charge in [0.25, 0.3) is 5.09 Å². The molecule has 5 heteroatoms. The van der Waals surface area contributed by atoms with Crippen molar-refractivity contribution in [2.75, 3.05) is 7.11 Å². The summed E-state index contributed by atoms with van der Waals surface area (Å²) in [4.78, 5) is 12.4. The molecule has 4 nitrogen and oxygen atoms in total. The monoisotopic (exact) mass is 189 g/mol. The molecule has 0 saturated heterocycles. The Morgan fingerprint density at radius 3 is 2.00 bits per heavy atom. The van der Waals surface area contributed by atoms with Gasteiger partial charge in [0.1, 0.15) is 0 Å². The lowest BCUT2D eigenvalue weighted by Gasteiger charge is -1.80. The van der Waals surface area contributed by atoms with Crippen LogP contribution in [0.3, 0.4) is 0 Å². The number of hydrogen-bond acceptors (Lipinski definition) is 3. The summed E-state index contributed by atoms with van der Waals surface area (Å²) in [6.45, 7) is 0. The van der Waals surface area contributed by atoms with Crippen molar-refractivity contribution in [2.45, 2.75) is 0 Å². The maximum Gasteiger partial charge on any atom is 0.294 e. The summed E-state index contributed by atoms with van der Waals surface area (Å²) >= 11 is 5.54. The lowest BCUT2D eigenvalue weighted by Crippen LogP contribution is -1.91. The second-order valence-corrected chi connectivity index (χ2v) is 2.14. The van der Waals surface area contributed by atoms with E-state index in [0.717, 1.165) is 12.1 Å². The third-order valence-corrected chi connectivity index (χ3v) is 1.13. The summed E-state index contributed by atoms with van der Waals surface area (Å²) in [6, 6.07) is 9.44. The molecule has 1 aromatic rings. The molecule has 0 amide bonds. The van der Waals surface area contributed by atoms with Gasteiger partial charge in [0.05, 0.1) is 7.11 Å². The molecule has 0 fully saturated rings. The van der Waals surface area contributed by atoms with Crippen LogP contribution in [0, 0.1) is 10.1 Å². The van der Waals surface area contributed by atoms with Crippen molar-refractivity contribution in [3.05, 3.63) is 45.5 Å². The van der Waals surface area contributed by atoms with Gasteiger partial charge in [0.15, 0.2) is 0 Å². The molecule has 0 aliphatic carbocycles. The molecule has 0 aliphatic heterocycles. The Balaban J connectivity index is 0.000000217. The Morgan fingerprint density at radius 2 is 1.83 bits per heavy atom. The first-order chi connectivity index (χ1) is 5.66. The molecular formula is C7H8ClNO3. The van der Waals surface area contributed by atoms with E-state index in [0.29, 0.717) is 0 Å². The molecular weight excluding hydrogens is 182 g/mol. The van der Waals surface area contributed by atoms with Crippen LogP contribution in [0.4, 0.5) is 0 Å². The van der Waals surface area contributed by atoms with E-state index in [-0.39, 0.29) is 0 Å². The van der Waals surface area contributed by atoms with Crippen LogP contribution in [0.1, 0.15) is 0 Å². The largest absolute Gasteiger partial charge is 0.317 e. The second kappa shape index (κ2) is 6.42. The van der Waals surface area contributed by atoms with Crippen LogP contribution in [0.2, 0.25) is 5.02 Å². The normalized spacial score (nSPS) is 7.83. The van der Waals surface area contributed by atoms with Gasteiger partial charge in [-0.05, 0) is 12.1 Å². The first-order valence-electron chi connectivity index (χ1n) is 3.06. The van der Waals surface area contributed by atoms with E-state index < -0.39 is 5.09 Å². The Labute approximate surface area is 74.8 Å². The third kappa shape index (κ3) is 6.82. The van der Waals surface area contributed by atoms with Crippen LogP contribution in [0.5, 0.6) is 0 Å². The van der Waals surface area contributed by atoms with Gasteiger partial charge in [0, 0.05) is 5.02 Å². The number of hydrogen-bond donors (Lipinski definition) is 0. The van der Waals surface area contributed by atoms with Crippen LogP contribution in [0.15, 0.2) is 30.3 Å². The molecule has 0 aromatic heterocycles. The average Bonchev–Trinajstić information content (AvgIpc) is 2.07. The van der Waals surface area contributed by atoms with Gasteiger partial charge < -0.3 is 4.84 Å². The number of benzene rings is 1. The van der Waals surface area contributed by atoms with E-state index in [4.69, 9.17) is 21.7 Å². The number of halogens is 1. The fourth-order valence-electron chi connectivity index (χ4n) is 0.415. The van der Waals surface area contributed by atoms with Crippen LogP contribution in [-0.4, -0.2) is 12.2 Å². The molecule has 66 valence electrons. The van der Waals surface area contributed by atoms with Crippen molar-refractivity contribution in [2.24, 2.45) is 0 Å². The minimum Gasteiger partial charge on any atom is -0.317 e. The predicted molar refractivity (Wildman–Crippen MR) is 45.5 cm³/mol. The fourth-order valence-corrected chi connectivity index (χ4v) is 0.560. The van der Waals surface area contributed by atoms with E-state index >= 15 is 0 Å². The van der Waals surface area contributed by atoms with E-state index in [1.54, 1.807) is 0 Å². The van der Waals surface area contributed by atoms with Crippen LogP contribution in [-0.2, 0) is 4.84 Å². The van der Waals surface area contributed by atoms with E-state index in [9.17, 15) is 0 Å². The maximum absolute atomic E-state index is 8.95. The molecule has 12 heavy (non-hydrogen) atoms. The predicted octanol–water partition coefficient (Wildman–Crippen LogP) is 2.16. The molecule has 0 bridgehead atoms. The van der Waals surface area contributed by atoms with Crippen molar-refractivity contribution >= 4 is 11.6 Å². The van der Waals surface area contributed by atoms with E-state index in [2.05, 4.69) is 4.84 Å². The fraction of sp³-hybridized carbons (Fsp3) is 0.143. The summed E-state index contributed by atoms with van der Waals surface area (Å²) in [5, 5.41) is 8.87. The van der Waals surface area contributed by atoms with Crippen LogP contribution in [0.25, 0.3) is 0 Å². The highest BCUT2D eigenvalue weighted by Gasteiger charge is 1.77. The van der Waals surface area contributed by atoms with Gasteiger partial charge in [-0.15, -0.1) is 10.1 Å². The van der Waals surface area contributed by atoms with Gasteiger partial charge in [-0.2, -0.15) is 0 Å². The van der Waals surface area contributed by atoms with E-state index in [1.165, 1.54) is 0 Å². The quantitative estimate of drug-likeness (QED) is 0.503. The molecule has 0 spiro atoms. The Kier molecular flexibility index (Phi) is 5.73. The summed E-state index contributed by atoms with van der Waals surface area (Å²) in [5.74, 6) is 0. The summed E-state index contributed by atoms with van der Waals surface area (Å²) in [5.41, 5.74) is 0. The molecule has 1 rings (SSSR count). The molecule has 0 heterocycles. The first kappa shape index (κ1) is 10.7. The molecule has 0 unspecified atom stereocenters. The van der Waals surface area contributed by atoms with Gasteiger partial charge >= 0.3 is 0 Å². The molecule has 0 N–H and O–H groups in total. The highest BCUT2D eigenvalue weighted by Crippen LogP contribution is 2.03. The summed E-state index contributed by atoms with van der Waals surface area (Å²) in [6.07, 6.45) is 0. The molecule has 0 aliphatic rings. The van der Waals surface area contributed by atoms with Crippen LogP contribution < -0.4 is 0 Å². The lowest BCUT2D eigenvalue weighted by molar-refractivity contribution is -0.749. The van der Waals surface area contributed by atoms with Gasteiger partial charge in [0.2, 0.25) is 0 Å². The van der Waals surface area contributed by atoms with Crippen molar-refractivity contribution in [1.29, 1.82) is 0 Å². The minimum atomic E-state index is -0.875. The first-order valence-corrected chi connectivity index (χ1v) is 3.43. The molecule has 0 radical (unpaired) electrons. The molecule has 0 atom stereocenters. The summed E-state index contributed by atoms with van der Waals surface area (Å²) in [7, 11) is 1.00. The molecule has 1 aromatic carbocycles. The number of nitrogens with zero attached hydrogens (tertiary/aromatic N) is 1. The number of rotatable bonds is 1. The van der Waals surface area contributed by atoms with Crippen LogP contribution >= 0.6 is 11.6 Å². The smallest absolute Gasteiger partial charge is 0.294 e. The highest BCUT2D eigenvalue weighted by atomic mass is 35.5. The highest BCUT2D eigenvalue weighted by molar-refractivity contribution is 6.30. The maximum atomic E-state index is 8.95. The van der Waals surface area contributed by atoms with Gasteiger partial charge in [-0.1, -0.05) is 29.8 Å². The van der Waals surface area contributed by atoms with Crippen molar-refractivity contribution in [3.8, 4) is 0 Å². The second-order valence-electron chi connectivity index (χ2n) is 1.70. The third-order valence-electron chi connectivity index (χ3n) is 0.882. The Morgan fingerprint density at radius 1 is 1.42 bits per heavy atom. The zero-order valence-electron chi connectivity index (χ0n) is 6.44. The van der Waals surface area contributed by atoms with Gasteiger partial charge in [-0.3, -0.25) is 0 Å². The van der Waals surface area contributed by atoms with Crippen molar-refractivity contribution < 1.29 is 9.92 Å². The SMILES string of the molecule is CO[N+](=O)[O-].Clc1ccccc1. The topological polar surface area (TPSA) is 52.4 Å². The average molecular weight is 190 g/mol. The van der Waals surface area contributed by atoms with Gasteiger partial charge in [-0.25, -0.2) is 0 Å². The minimum absolute atomic E-state index is 0.794. The zero-order chi connectivity index (χ0) is 9.40. The molecule has 0 saturated carbocycles. The Hall–Kier alpha value is -1.29. The lowest BCUT2D eigenvalue weighted by atomic mass is 10.4. The Bertz CT molecular complexity index is 227. The van der Waals surface area contributed by atoms with Crippen molar-refractivity contribution in [3.63, 3.8) is 0 Å². The van der Waals surface area contributed by atoms with Crippen molar-refractivity contribution in [1.82, 2.24) is 0 Å². The summed E-state index contributed by atoms with van der Waals surface area (Å²) < 4.78 is 0.